The molecule has 5 nitrogen and oxygen atoms in total. The molecule has 1 aromatic rings. The van der Waals surface area contributed by atoms with Gasteiger partial charge in [0.05, 0.1) is 19.3 Å². The Kier molecular flexibility index (Phi) is 7.68. The number of hydrogen-bond donors (Lipinski definition) is 1. The summed E-state index contributed by atoms with van der Waals surface area (Å²) in [7, 11) is 0. The Bertz CT molecular complexity index is 519. The third-order valence-corrected chi connectivity index (χ3v) is 2.97. The molecule has 0 amide bonds. The summed E-state index contributed by atoms with van der Waals surface area (Å²) in [6.45, 7) is 5.52. The molecule has 1 aromatic carbocycles. The predicted octanol–water partition coefficient (Wildman–Crippen LogP) is 2.91. The molecule has 0 spiro atoms. The lowest BCUT2D eigenvalue weighted by Gasteiger charge is -2.19. The molecule has 0 aliphatic rings. The number of rotatable bonds is 8. The fourth-order valence-electron chi connectivity index (χ4n) is 1.83. The van der Waals surface area contributed by atoms with Gasteiger partial charge in [0.25, 0.3) is 0 Å². The first-order valence-corrected chi connectivity index (χ1v) is 7.77. The fourth-order valence-corrected chi connectivity index (χ4v) is 1.95. The van der Waals surface area contributed by atoms with Gasteiger partial charge in [0.1, 0.15) is 17.8 Å². The van der Waals surface area contributed by atoms with E-state index in [-0.39, 0.29) is 25.2 Å². The molecule has 1 atom stereocenters. The molecule has 23 heavy (non-hydrogen) atoms. The van der Waals surface area contributed by atoms with Crippen LogP contribution in [0.15, 0.2) is 24.3 Å². The molecule has 0 saturated heterocycles. The lowest BCUT2D eigenvalue weighted by Crippen LogP contribution is -2.27. The van der Waals surface area contributed by atoms with Crippen LogP contribution in [0, 0.1) is 0 Å². The summed E-state index contributed by atoms with van der Waals surface area (Å²) in [5.41, 5.74) is 0.291. The molecule has 0 saturated carbocycles. The summed E-state index contributed by atoms with van der Waals surface area (Å²) in [5, 5.41) is 10.4. The molecule has 1 rings (SSSR count). The molecular weight excluding hydrogens is 320 g/mol. The van der Waals surface area contributed by atoms with Crippen LogP contribution in [-0.4, -0.2) is 35.2 Å². The van der Waals surface area contributed by atoms with Crippen LogP contribution >= 0.6 is 11.6 Å². The number of ether oxygens (including phenoxy) is 2. The number of Topliss-reactive ketones (excluding diaryl/α,β-unsaturated/α-hetero) is 1. The standard InChI is InChI=1S/C17H23ClO5/c1-17(2,3)23-16(21)9-14(19)8-15(20)11-22-10-12-4-6-13(18)7-5-12/h4-7,15,20H,8-11H2,1-3H3/t15-/m0/s1. The van der Waals surface area contributed by atoms with Crippen molar-refractivity contribution in [3.8, 4) is 0 Å². The number of hydrogen-bond acceptors (Lipinski definition) is 5. The summed E-state index contributed by atoms with van der Waals surface area (Å²) >= 11 is 5.78. The zero-order valence-electron chi connectivity index (χ0n) is 13.7. The van der Waals surface area contributed by atoms with Crippen molar-refractivity contribution in [2.75, 3.05) is 6.61 Å². The number of aliphatic hydroxyl groups excluding tert-OH is 1. The van der Waals surface area contributed by atoms with Gasteiger partial charge >= 0.3 is 5.97 Å². The molecule has 0 aromatic heterocycles. The fraction of sp³-hybridized carbons (Fsp3) is 0.529. The molecule has 128 valence electrons. The van der Waals surface area contributed by atoms with E-state index in [4.69, 9.17) is 21.1 Å². The Labute approximate surface area is 141 Å². The van der Waals surface area contributed by atoms with E-state index in [0.29, 0.717) is 11.6 Å². The van der Waals surface area contributed by atoms with Crippen LogP contribution in [0.2, 0.25) is 5.02 Å². The Morgan fingerprint density at radius 1 is 1.22 bits per heavy atom. The highest BCUT2D eigenvalue weighted by atomic mass is 35.5. The van der Waals surface area contributed by atoms with Crippen molar-refractivity contribution in [1.29, 1.82) is 0 Å². The second-order valence-corrected chi connectivity index (χ2v) is 6.74. The zero-order valence-corrected chi connectivity index (χ0v) is 14.4. The first-order chi connectivity index (χ1) is 10.7. The van der Waals surface area contributed by atoms with E-state index in [1.165, 1.54) is 0 Å². The maximum absolute atomic E-state index is 11.7. The quantitative estimate of drug-likeness (QED) is 0.581. The van der Waals surface area contributed by atoms with Crippen molar-refractivity contribution in [2.24, 2.45) is 0 Å². The van der Waals surface area contributed by atoms with E-state index in [0.717, 1.165) is 5.56 Å². The Balaban J connectivity index is 2.25. The highest BCUT2D eigenvalue weighted by molar-refractivity contribution is 6.30. The number of aliphatic hydroxyl groups is 1. The van der Waals surface area contributed by atoms with Gasteiger partial charge in [-0.3, -0.25) is 9.59 Å². The van der Waals surface area contributed by atoms with Crippen LogP contribution in [0.1, 0.15) is 39.2 Å². The first kappa shape index (κ1) is 19.6. The molecule has 0 bridgehead atoms. The smallest absolute Gasteiger partial charge is 0.313 e. The average molecular weight is 343 g/mol. The van der Waals surface area contributed by atoms with Gasteiger partial charge in [-0.1, -0.05) is 23.7 Å². The number of benzene rings is 1. The number of ketones is 1. The van der Waals surface area contributed by atoms with Crippen LogP contribution < -0.4 is 0 Å². The van der Waals surface area contributed by atoms with Crippen molar-refractivity contribution in [3.63, 3.8) is 0 Å². The lowest BCUT2D eigenvalue weighted by molar-refractivity contribution is -0.156. The highest BCUT2D eigenvalue weighted by Gasteiger charge is 2.20. The molecule has 0 radical (unpaired) electrons. The molecule has 6 heteroatoms. The molecule has 0 aliphatic heterocycles. The lowest BCUT2D eigenvalue weighted by atomic mass is 10.1. The van der Waals surface area contributed by atoms with Gasteiger partial charge in [-0.2, -0.15) is 0 Å². The van der Waals surface area contributed by atoms with Gasteiger partial charge < -0.3 is 14.6 Å². The third-order valence-electron chi connectivity index (χ3n) is 2.72. The highest BCUT2D eigenvalue weighted by Crippen LogP contribution is 2.11. The Morgan fingerprint density at radius 2 is 1.83 bits per heavy atom. The number of carbonyl (C=O) groups excluding carboxylic acids is 2. The summed E-state index contributed by atoms with van der Waals surface area (Å²) in [5.74, 6) is -0.960. The summed E-state index contributed by atoms with van der Waals surface area (Å²) in [6, 6.07) is 7.15. The second kappa shape index (κ2) is 9.01. The van der Waals surface area contributed by atoms with E-state index in [2.05, 4.69) is 0 Å². The average Bonchev–Trinajstić information content (AvgIpc) is 2.38. The largest absolute Gasteiger partial charge is 0.460 e. The first-order valence-electron chi connectivity index (χ1n) is 7.39. The monoisotopic (exact) mass is 342 g/mol. The molecule has 1 N–H and O–H groups in total. The normalized spacial score (nSPS) is 12.7. The van der Waals surface area contributed by atoms with Crippen LogP contribution in [0.3, 0.4) is 0 Å². The SMILES string of the molecule is CC(C)(C)OC(=O)CC(=O)C[C@H](O)COCc1ccc(Cl)cc1. The van der Waals surface area contributed by atoms with E-state index in [1.54, 1.807) is 32.9 Å². The van der Waals surface area contributed by atoms with E-state index in [1.807, 2.05) is 12.1 Å². The van der Waals surface area contributed by atoms with Gasteiger partial charge in [0.2, 0.25) is 0 Å². The van der Waals surface area contributed by atoms with E-state index in [9.17, 15) is 14.7 Å². The minimum atomic E-state index is -0.947. The van der Waals surface area contributed by atoms with Crippen LogP contribution in [-0.2, 0) is 25.7 Å². The molecule has 0 unspecified atom stereocenters. The maximum Gasteiger partial charge on any atom is 0.313 e. The van der Waals surface area contributed by atoms with Crippen LogP contribution in [0.4, 0.5) is 0 Å². The van der Waals surface area contributed by atoms with Crippen molar-refractivity contribution >= 4 is 23.4 Å². The van der Waals surface area contributed by atoms with Gasteiger partial charge in [-0.15, -0.1) is 0 Å². The molecule has 0 heterocycles. The molecular formula is C17H23ClO5. The number of carbonyl (C=O) groups is 2. The van der Waals surface area contributed by atoms with Gasteiger partial charge in [-0.25, -0.2) is 0 Å². The van der Waals surface area contributed by atoms with Crippen molar-refractivity contribution < 1.29 is 24.2 Å². The van der Waals surface area contributed by atoms with Gasteiger partial charge in [-0.05, 0) is 38.5 Å². The minimum Gasteiger partial charge on any atom is -0.460 e. The predicted molar refractivity (Wildman–Crippen MR) is 87.2 cm³/mol. The summed E-state index contributed by atoms with van der Waals surface area (Å²) in [4.78, 5) is 23.2. The third kappa shape index (κ3) is 9.33. The Morgan fingerprint density at radius 3 is 2.39 bits per heavy atom. The second-order valence-electron chi connectivity index (χ2n) is 6.30. The molecule has 0 fully saturated rings. The van der Waals surface area contributed by atoms with Crippen molar-refractivity contribution in [1.82, 2.24) is 0 Å². The topological polar surface area (TPSA) is 72.8 Å². The van der Waals surface area contributed by atoms with Crippen molar-refractivity contribution in [3.05, 3.63) is 34.9 Å². The van der Waals surface area contributed by atoms with Crippen molar-refractivity contribution in [2.45, 2.75) is 51.9 Å². The summed E-state index contributed by atoms with van der Waals surface area (Å²) in [6.07, 6.45) is -1.43. The van der Waals surface area contributed by atoms with Gasteiger partial charge in [0.15, 0.2) is 0 Å². The van der Waals surface area contributed by atoms with Crippen LogP contribution in [0.5, 0.6) is 0 Å². The number of halogens is 1. The summed E-state index contributed by atoms with van der Waals surface area (Å²) < 4.78 is 10.4. The maximum atomic E-state index is 11.7. The zero-order chi connectivity index (χ0) is 17.5. The van der Waals surface area contributed by atoms with Crippen LogP contribution in [0.25, 0.3) is 0 Å². The minimum absolute atomic E-state index is 0.0166. The van der Waals surface area contributed by atoms with Gasteiger partial charge in [0, 0.05) is 11.4 Å². The van der Waals surface area contributed by atoms with E-state index < -0.39 is 17.7 Å². The Hall–Kier alpha value is -1.43. The molecule has 0 aliphatic carbocycles. The number of esters is 1. The van der Waals surface area contributed by atoms with E-state index >= 15 is 0 Å².